The molecular formula is C32H43NO5. The van der Waals surface area contributed by atoms with Crippen LogP contribution in [0.25, 0.3) is 6.08 Å². The number of carboxylic acid groups (broad SMARTS) is 2. The molecule has 2 aromatic rings. The molecule has 2 N–H and O–H groups in total. The Balaban J connectivity index is 1.53. The highest BCUT2D eigenvalue weighted by Crippen LogP contribution is 2.24. The van der Waals surface area contributed by atoms with E-state index >= 15 is 0 Å². The summed E-state index contributed by atoms with van der Waals surface area (Å²) in [5.74, 6) is -0.600. The molecule has 6 nitrogen and oxygen atoms in total. The number of hydrogen-bond donors (Lipinski definition) is 2. The Morgan fingerprint density at radius 2 is 1.66 bits per heavy atom. The van der Waals surface area contributed by atoms with E-state index in [9.17, 15) is 9.59 Å². The first-order valence-electron chi connectivity index (χ1n) is 14.2. The van der Waals surface area contributed by atoms with Crippen molar-refractivity contribution in [2.45, 2.75) is 70.6 Å². The number of hydrogen-bond acceptors (Lipinski definition) is 4. The van der Waals surface area contributed by atoms with Gasteiger partial charge < -0.3 is 19.8 Å². The van der Waals surface area contributed by atoms with Crippen LogP contribution in [-0.2, 0) is 11.2 Å². The quantitative estimate of drug-likeness (QED) is 0.219. The van der Waals surface area contributed by atoms with E-state index in [1.54, 1.807) is 12.1 Å². The van der Waals surface area contributed by atoms with Crippen molar-refractivity contribution in [1.29, 1.82) is 0 Å². The van der Waals surface area contributed by atoms with Gasteiger partial charge in [-0.25, -0.2) is 4.79 Å². The highest BCUT2D eigenvalue weighted by atomic mass is 16.5. The Hall–Kier alpha value is -3.12. The van der Waals surface area contributed by atoms with Crippen LogP contribution < -0.4 is 4.74 Å². The molecule has 0 aliphatic carbocycles. The van der Waals surface area contributed by atoms with Gasteiger partial charge in [0.05, 0.1) is 12.2 Å². The second-order valence-electron chi connectivity index (χ2n) is 10.3. The Labute approximate surface area is 227 Å². The number of carboxylic acids is 2. The summed E-state index contributed by atoms with van der Waals surface area (Å²) >= 11 is 0. The minimum absolute atomic E-state index is 0.179. The monoisotopic (exact) mass is 521 g/mol. The van der Waals surface area contributed by atoms with Crippen LogP contribution in [0, 0.1) is 5.92 Å². The van der Waals surface area contributed by atoms with Crippen LogP contribution in [-0.4, -0.2) is 53.3 Å². The minimum Gasteiger partial charge on any atom is -0.493 e. The molecule has 3 rings (SSSR count). The summed E-state index contributed by atoms with van der Waals surface area (Å²) in [5.41, 5.74) is 2.38. The second-order valence-corrected chi connectivity index (χ2v) is 10.3. The number of aliphatic carboxylic acids is 1. The summed E-state index contributed by atoms with van der Waals surface area (Å²) in [6.07, 6.45) is 15.1. The van der Waals surface area contributed by atoms with Crippen molar-refractivity contribution in [3.05, 3.63) is 71.3 Å². The van der Waals surface area contributed by atoms with E-state index in [4.69, 9.17) is 14.9 Å². The van der Waals surface area contributed by atoms with Gasteiger partial charge in [0, 0.05) is 12.0 Å². The van der Waals surface area contributed by atoms with Crippen LogP contribution in [0.15, 0.2) is 54.6 Å². The zero-order valence-electron chi connectivity index (χ0n) is 22.5. The molecule has 0 aromatic heterocycles. The Bertz CT molecular complexity index is 1010. The molecule has 1 aliphatic rings. The van der Waals surface area contributed by atoms with Crippen molar-refractivity contribution in [2.75, 3.05) is 26.2 Å². The number of carbonyl (C=O) groups is 2. The van der Waals surface area contributed by atoms with Gasteiger partial charge in [0.25, 0.3) is 0 Å². The van der Waals surface area contributed by atoms with Gasteiger partial charge in [0.15, 0.2) is 0 Å². The van der Waals surface area contributed by atoms with Crippen LogP contribution in [0.2, 0.25) is 0 Å². The molecule has 6 heteroatoms. The van der Waals surface area contributed by atoms with E-state index in [1.807, 2.05) is 30.3 Å². The molecule has 1 aliphatic heterocycles. The third-order valence-corrected chi connectivity index (χ3v) is 7.21. The lowest BCUT2D eigenvalue weighted by Gasteiger charge is -2.26. The van der Waals surface area contributed by atoms with Crippen LogP contribution in [0.4, 0.5) is 0 Å². The van der Waals surface area contributed by atoms with Crippen LogP contribution in [0.5, 0.6) is 5.75 Å². The number of likely N-dealkylation sites (tertiary alicyclic amines) is 1. The van der Waals surface area contributed by atoms with Crippen molar-refractivity contribution < 1.29 is 24.5 Å². The van der Waals surface area contributed by atoms with Gasteiger partial charge in [0.1, 0.15) is 5.75 Å². The number of nitrogens with zero attached hydrogens (tertiary/aromatic N) is 1. The zero-order chi connectivity index (χ0) is 27.0. The SMILES string of the molecule is O=C(O)CCCCC(C=Cc1ccccc1OCCCCCN1CCCCC1)Cc1ccc(C(=O)O)cc1. The number of rotatable bonds is 17. The third-order valence-electron chi connectivity index (χ3n) is 7.21. The average Bonchev–Trinajstić information content (AvgIpc) is 2.92. The van der Waals surface area contributed by atoms with Crippen LogP contribution >= 0.6 is 0 Å². The normalized spacial score (nSPS) is 14.9. The van der Waals surface area contributed by atoms with E-state index in [0.717, 1.165) is 42.6 Å². The fourth-order valence-electron chi connectivity index (χ4n) is 5.00. The number of piperidine rings is 1. The predicted molar refractivity (Wildman–Crippen MR) is 152 cm³/mol. The lowest BCUT2D eigenvalue weighted by molar-refractivity contribution is -0.137. The average molecular weight is 522 g/mol. The predicted octanol–water partition coefficient (Wildman–Crippen LogP) is 6.94. The second kappa shape index (κ2) is 16.7. The molecule has 0 spiro atoms. The smallest absolute Gasteiger partial charge is 0.335 e. The van der Waals surface area contributed by atoms with Crippen LogP contribution in [0.1, 0.15) is 85.7 Å². The third kappa shape index (κ3) is 11.1. The van der Waals surface area contributed by atoms with Crippen molar-refractivity contribution in [2.24, 2.45) is 5.92 Å². The van der Waals surface area contributed by atoms with Crippen LogP contribution in [0.3, 0.4) is 0 Å². The van der Waals surface area contributed by atoms with Crippen molar-refractivity contribution in [3.8, 4) is 5.75 Å². The van der Waals surface area contributed by atoms with Gasteiger partial charge in [-0.3, -0.25) is 4.79 Å². The van der Waals surface area contributed by atoms with E-state index in [1.165, 1.54) is 51.7 Å². The standard InChI is InChI=1S/C32H43NO5/c34-31(35)14-6-3-11-26(25-27-16-19-29(20-17-27)32(36)37)15-18-28-12-4-5-13-30(28)38-24-10-2-9-23-33-21-7-1-8-22-33/h4-5,12-13,15-20,26H,1-3,6-11,14,21-25H2,(H,34,35)(H,36,37). The molecule has 0 bridgehead atoms. The van der Waals surface area contributed by atoms with Gasteiger partial charge in [0.2, 0.25) is 0 Å². The molecule has 1 heterocycles. The summed E-state index contributed by atoms with van der Waals surface area (Å²) in [6, 6.07) is 15.1. The number of aromatic carboxylic acids is 1. The summed E-state index contributed by atoms with van der Waals surface area (Å²) in [5, 5.41) is 18.1. The summed E-state index contributed by atoms with van der Waals surface area (Å²) < 4.78 is 6.15. The highest BCUT2D eigenvalue weighted by molar-refractivity contribution is 5.87. The Morgan fingerprint density at radius 1 is 0.895 bits per heavy atom. The van der Waals surface area contributed by atoms with Gasteiger partial charge in [-0.2, -0.15) is 0 Å². The molecule has 2 aromatic carbocycles. The van der Waals surface area contributed by atoms with Gasteiger partial charge >= 0.3 is 11.9 Å². The van der Waals surface area contributed by atoms with E-state index < -0.39 is 11.9 Å². The number of allylic oxidation sites excluding steroid dienone is 1. The fraction of sp³-hybridized carbons (Fsp3) is 0.500. The van der Waals surface area contributed by atoms with E-state index in [2.05, 4.69) is 23.1 Å². The van der Waals surface area contributed by atoms with Gasteiger partial charge in [-0.15, -0.1) is 0 Å². The molecule has 1 fully saturated rings. The molecule has 0 radical (unpaired) electrons. The molecule has 0 saturated carbocycles. The van der Waals surface area contributed by atoms with Gasteiger partial charge in [-0.1, -0.05) is 55.3 Å². The first-order chi connectivity index (χ1) is 18.5. The fourth-order valence-corrected chi connectivity index (χ4v) is 5.00. The number of ether oxygens (including phenoxy) is 1. The zero-order valence-corrected chi connectivity index (χ0v) is 22.5. The largest absolute Gasteiger partial charge is 0.493 e. The van der Waals surface area contributed by atoms with Crippen molar-refractivity contribution >= 4 is 18.0 Å². The molecule has 0 amide bonds. The number of benzene rings is 2. The molecule has 1 atom stereocenters. The number of para-hydroxylation sites is 1. The Kier molecular flexibility index (Phi) is 12.9. The first-order valence-corrected chi connectivity index (χ1v) is 14.2. The minimum atomic E-state index is -0.930. The maximum atomic E-state index is 11.2. The molecule has 206 valence electrons. The lowest BCUT2D eigenvalue weighted by Crippen LogP contribution is -2.30. The molecule has 1 unspecified atom stereocenters. The maximum Gasteiger partial charge on any atom is 0.335 e. The maximum absolute atomic E-state index is 11.2. The molecule has 38 heavy (non-hydrogen) atoms. The van der Waals surface area contributed by atoms with Crippen molar-refractivity contribution in [1.82, 2.24) is 4.90 Å². The highest BCUT2D eigenvalue weighted by Gasteiger charge is 2.11. The lowest BCUT2D eigenvalue weighted by atomic mass is 9.92. The summed E-state index contributed by atoms with van der Waals surface area (Å²) in [4.78, 5) is 24.7. The topological polar surface area (TPSA) is 87.1 Å². The summed E-state index contributed by atoms with van der Waals surface area (Å²) in [6.45, 7) is 4.42. The van der Waals surface area contributed by atoms with E-state index in [0.29, 0.717) is 13.0 Å². The Morgan fingerprint density at radius 3 is 2.39 bits per heavy atom. The van der Waals surface area contributed by atoms with Gasteiger partial charge in [-0.05, 0) is 101 Å². The van der Waals surface area contributed by atoms with Crippen molar-refractivity contribution in [3.63, 3.8) is 0 Å². The van der Waals surface area contributed by atoms with E-state index in [-0.39, 0.29) is 17.9 Å². The molecule has 1 saturated heterocycles. The molecular weight excluding hydrogens is 478 g/mol. The number of unbranched alkanes of at least 4 members (excludes halogenated alkanes) is 3. The first kappa shape index (κ1) is 29.4. The summed E-state index contributed by atoms with van der Waals surface area (Å²) in [7, 11) is 0.